The summed E-state index contributed by atoms with van der Waals surface area (Å²) in [6, 6.07) is 6.70. The maximum atomic E-state index is 12.0. The predicted octanol–water partition coefficient (Wildman–Crippen LogP) is 0.545. The van der Waals surface area contributed by atoms with Crippen LogP contribution in [0.4, 0.5) is 10.5 Å². The summed E-state index contributed by atoms with van der Waals surface area (Å²) in [5.74, 6) is -1.13. The molecule has 6 nitrogen and oxygen atoms in total. The summed E-state index contributed by atoms with van der Waals surface area (Å²) in [6.07, 6.45) is 0. The first kappa shape index (κ1) is 12.8. The quantitative estimate of drug-likeness (QED) is 0.632. The van der Waals surface area contributed by atoms with E-state index in [0.29, 0.717) is 5.69 Å². The molecule has 7 heteroatoms. The average Bonchev–Trinajstić information content (AvgIpc) is 2.56. The van der Waals surface area contributed by atoms with Crippen LogP contribution in [0.3, 0.4) is 0 Å². The second-order valence-electron chi connectivity index (χ2n) is 3.79. The minimum absolute atomic E-state index is 0.0633. The SMILES string of the molecule is NC(=O)CN1C(=O)CN(c2cccc(I)c2)C1=O. The van der Waals surface area contributed by atoms with Gasteiger partial charge in [0.2, 0.25) is 5.91 Å². The monoisotopic (exact) mass is 359 g/mol. The molecule has 0 atom stereocenters. The normalized spacial score (nSPS) is 15.4. The number of urea groups is 1. The van der Waals surface area contributed by atoms with E-state index in [1.165, 1.54) is 4.90 Å². The molecule has 18 heavy (non-hydrogen) atoms. The van der Waals surface area contributed by atoms with E-state index in [0.717, 1.165) is 8.47 Å². The van der Waals surface area contributed by atoms with Crippen molar-refractivity contribution >= 4 is 46.1 Å². The Morgan fingerprint density at radius 2 is 2.11 bits per heavy atom. The van der Waals surface area contributed by atoms with E-state index >= 15 is 0 Å². The second kappa shape index (κ2) is 4.92. The van der Waals surface area contributed by atoms with Crippen molar-refractivity contribution in [2.75, 3.05) is 18.0 Å². The van der Waals surface area contributed by atoms with E-state index in [-0.39, 0.29) is 13.1 Å². The number of nitrogens with two attached hydrogens (primary N) is 1. The van der Waals surface area contributed by atoms with Crippen molar-refractivity contribution in [3.63, 3.8) is 0 Å². The van der Waals surface area contributed by atoms with Crippen LogP contribution in [0.2, 0.25) is 0 Å². The molecule has 4 amide bonds. The number of rotatable bonds is 3. The van der Waals surface area contributed by atoms with Gasteiger partial charge < -0.3 is 5.73 Å². The minimum atomic E-state index is -0.707. The summed E-state index contributed by atoms with van der Waals surface area (Å²) < 4.78 is 0.957. The molecule has 0 bridgehead atoms. The molecule has 0 saturated carbocycles. The lowest BCUT2D eigenvalue weighted by Crippen LogP contribution is -2.39. The van der Waals surface area contributed by atoms with Gasteiger partial charge in [-0.25, -0.2) is 4.79 Å². The number of carbonyl (C=O) groups is 3. The Morgan fingerprint density at radius 3 is 2.72 bits per heavy atom. The Morgan fingerprint density at radius 1 is 1.39 bits per heavy atom. The van der Waals surface area contributed by atoms with Gasteiger partial charge in [-0.2, -0.15) is 0 Å². The van der Waals surface area contributed by atoms with Crippen LogP contribution >= 0.6 is 22.6 Å². The first-order valence-electron chi connectivity index (χ1n) is 5.15. The van der Waals surface area contributed by atoms with Gasteiger partial charge in [0.25, 0.3) is 5.91 Å². The Kier molecular flexibility index (Phi) is 3.50. The van der Waals surface area contributed by atoms with Crippen LogP contribution in [0, 0.1) is 3.57 Å². The number of nitrogens with zero attached hydrogens (tertiary/aromatic N) is 2. The molecule has 1 aromatic carbocycles. The van der Waals surface area contributed by atoms with Crippen molar-refractivity contribution in [1.29, 1.82) is 0 Å². The molecule has 94 valence electrons. The summed E-state index contributed by atoms with van der Waals surface area (Å²) in [5, 5.41) is 0. The first-order chi connectivity index (χ1) is 8.49. The maximum absolute atomic E-state index is 12.0. The fourth-order valence-corrected chi connectivity index (χ4v) is 2.22. The van der Waals surface area contributed by atoms with Gasteiger partial charge in [0.15, 0.2) is 0 Å². The van der Waals surface area contributed by atoms with Gasteiger partial charge in [-0.3, -0.25) is 19.4 Å². The van der Waals surface area contributed by atoms with Crippen molar-refractivity contribution in [2.45, 2.75) is 0 Å². The van der Waals surface area contributed by atoms with Crippen molar-refractivity contribution in [1.82, 2.24) is 4.90 Å². The summed E-state index contributed by atoms with van der Waals surface area (Å²) in [5.41, 5.74) is 5.63. The van der Waals surface area contributed by atoms with Crippen LogP contribution in [0.1, 0.15) is 0 Å². The Labute approximate surface area is 117 Å². The number of benzene rings is 1. The Bertz CT molecular complexity index is 532. The van der Waals surface area contributed by atoms with Gasteiger partial charge in [-0.1, -0.05) is 6.07 Å². The van der Waals surface area contributed by atoms with Crippen LogP contribution in [-0.2, 0) is 9.59 Å². The van der Waals surface area contributed by atoms with Gasteiger partial charge in [-0.15, -0.1) is 0 Å². The zero-order chi connectivity index (χ0) is 13.3. The van der Waals surface area contributed by atoms with E-state index in [2.05, 4.69) is 22.6 Å². The highest BCUT2D eigenvalue weighted by molar-refractivity contribution is 14.1. The largest absolute Gasteiger partial charge is 0.368 e. The number of primary amides is 1. The van der Waals surface area contributed by atoms with Crippen molar-refractivity contribution in [3.8, 4) is 0 Å². The van der Waals surface area contributed by atoms with E-state index < -0.39 is 17.8 Å². The number of hydrogen-bond acceptors (Lipinski definition) is 3. The van der Waals surface area contributed by atoms with Crippen LogP contribution in [0.5, 0.6) is 0 Å². The van der Waals surface area contributed by atoms with Gasteiger partial charge >= 0.3 is 6.03 Å². The van der Waals surface area contributed by atoms with E-state index in [4.69, 9.17) is 5.73 Å². The zero-order valence-corrected chi connectivity index (χ0v) is 11.5. The molecule has 1 aliphatic heterocycles. The third kappa shape index (κ3) is 2.45. The molecule has 1 fully saturated rings. The van der Waals surface area contributed by atoms with Crippen LogP contribution < -0.4 is 10.6 Å². The molecule has 0 aliphatic carbocycles. The second-order valence-corrected chi connectivity index (χ2v) is 5.04. The highest BCUT2D eigenvalue weighted by atomic mass is 127. The first-order valence-corrected chi connectivity index (χ1v) is 6.22. The zero-order valence-electron chi connectivity index (χ0n) is 9.30. The lowest BCUT2D eigenvalue weighted by molar-refractivity contribution is -0.129. The summed E-state index contributed by atoms with van der Waals surface area (Å²) in [4.78, 5) is 36.6. The maximum Gasteiger partial charge on any atom is 0.332 e. The van der Waals surface area contributed by atoms with Crippen molar-refractivity contribution < 1.29 is 14.4 Å². The van der Waals surface area contributed by atoms with Crippen molar-refractivity contribution in [3.05, 3.63) is 27.8 Å². The fourth-order valence-electron chi connectivity index (χ4n) is 1.70. The minimum Gasteiger partial charge on any atom is -0.368 e. The number of amides is 4. The number of halogens is 1. The third-order valence-electron chi connectivity index (χ3n) is 2.49. The lowest BCUT2D eigenvalue weighted by Gasteiger charge is -2.16. The molecule has 1 aromatic rings. The fraction of sp³-hybridized carbons (Fsp3) is 0.182. The smallest absolute Gasteiger partial charge is 0.332 e. The lowest BCUT2D eigenvalue weighted by atomic mass is 10.3. The molecule has 0 radical (unpaired) electrons. The summed E-state index contributed by atoms with van der Waals surface area (Å²) in [7, 11) is 0. The molecular weight excluding hydrogens is 349 g/mol. The molecule has 1 saturated heterocycles. The van der Waals surface area contributed by atoms with E-state index in [1.54, 1.807) is 18.2 Å². The number of imide groups is 1. The Balaban J connectivity index is 2.25. The van der Waals surface area contributed by atoms with E-state index in [1.807, 2.05) is 6.07 Å². The molecular formula is C11H10IN3O3. The van der Waals surface area contributed by atoms with Gasteiger partial charge in [-0.05, 0) is 40.8 Å². The summed E-state index contributed by atoms with van der Waals surface area (Å²) in [6.45, 7) is -0.440. The third-order valence-corrected chi connectivity index (χ3v) is 3.16. The van der Waals surface area contributed by atoms with Crippen molar-refractivity contribution in [2.24, 2.45) is 5.73 Å². The molecule has 0 aromatic heterocycles. The van der Waals surface area contributed by atoms with Gasteiger partial charge in [0.1, 0.15) is 13.1 Å². The number of anilines is 1. The molecule has 0 spiro atoms. The predicted molar refractivity (Wildman–Crippen MR) is 72.8 cm³/mol. The molecule has 0 unspecified atom stereocenters. The number of hydrogen-bond donors (Lipinski definition) is 1. The van der Waals surface area contributed by atoms with Gasteiger partial charge in [0.05, 0.1) is 0 Å². The van der Waals surface area contributed by atoms with Gasteiger partial charge in [0, 0.05) is 9.26 Å². The van der Waals surface area contributed by atoms with Crippen LogP contribution in [-0.4, -0.2) is 35.8 Å². The standard InChI is InChI=1S/C11H10IN3O3/c12-7-2-1-3-8(4-7)14-6-10(17)15(11(14)18)5-9(13)16/h1-4H,5-6H2,(H2,13,16). The molecule has 1 aliphatic rings. The average molecular weight is 359 g/mol. The molecule has 1 heterocycles. The Hall–Kier alpha value is -1.64. The highest BCUT2D eigenvalue weighted by Crippen LogP contribution is 2.22. The topological polar surface area (TPSA) is 83.7 Å². The summed E-state index contributed by atoms with van der Waals surface area (Å²) >= 11 is 2.12. The van der Waals surface area contributed by atoms with E-state index in [9.17, 15) is 14.4 Å². The highest BCUT2D eigenvalue weighted by Gasteiger charge is 2.37. The van der Waals surface area contributed by atoms with Crippen LogP contribution in [0.25, 0.3) is 0 Å². The number of carbonyl (C=O) groups excluding carboxylic acids is 3. The molecule has 2 rings (SSSR count). The van der Waals surface area contributed by atoms with Crippen LogP contribution in [0.15, 0.2) is 24.3 Å². The molecule has 2 N–H and O–H groups in total.